The van der Waals surface area contributed by atoms with E-state index in [0.717, 1.165) is 0 Å². The minimum absolute atomic E-state index is 0.0139. The third-order valence-corrected chi connectivity index (χ3v) is 5.88. The molecule has 0 aliphatic rings. The topological polar surface area (TPSA) is 134 Å². The molecule has 2 atom stereocenters. The molecule has 0 heterocycles. The first kappa shape index (κ1) is 33.1. The van der Waals surface area contributed by atoms with E-state index in [1.165, 1.54) is 22.7 Å². The van der Waals surface area contributed by atoms with Crippen molar-refractivity contribution in [3.05, 3.63) is 29.8 Å². The van der Waals surface area contributed by atoms with Crippen LogP contribution in [-0.4, -0.2) is 76.2 Å². The van der Waals surface area contributed by atoms with Crippen LogP contribution in [-0.2, 0) is 23.9 Å². The fraction of sp³-hybridized carbons (Fsp3) is 0.630. The van der Waals surface area contributed by atoms with Gasteiger partial charge in [0.15, 0.2) is 0 Å². The summed E-state index contributed by atoms with van der Waals surface area (Å²) in [5, 5.41) is 16.0. The van der Waals surface area contributed by atoms with Crippen LogP contribution in [0.15, 0.2) is 24.3 Å². The predicted molar refractivity (Wildman–Crippen MR) is 148 cm³/mol. The monoisotopic (exact) mass is 553 g/mol. The van der Waals surface area contributed by atoms with E-state index < -0.39 is 47.1 Å². The number of phenolic OH excluding ortho intramolecular Hbond substituents is 1. The van der Waals surface area contributed by atoms with Gasteiger partial charge in [-0.3, -0.25) is 14.4 Å². The van der Waals surface area contributed by atoms with Crippen molar-refractivity contribution in [2.24, 2.45) is 0 Å². The molecule has 0 aliphatic carbocycles. The van der Waals surface area contributed by atoms with E-state index in [1.54, 1.807) is 66.7 Å². The molecular formula is C27H43N3O7S. The van der Waals surface area contributed by atoms with E-state index in [0.29, 0.717) is 12.2 Å². The van der Waals surface area contributed by atoms with Gasteiger partial charge in [0.05, 0.1) is 13.0 Å². The van der Waals surface area contributed by atoms with Crippen molar-refractivity contribution in [2.45, 2.75) is 84.5 Å². The van der Waals surface area contributed by atoms with Crippen LogP contribution in [0, 0.1) is 0 Å². The van der Waals surface area contributed by atoms with E-state index in [9.17, 15) is 24.3 Å². The summed E-state index contributed by atoms with van der Waals surface area (Å²) >= 11 is 1.51. The summed E-state index contributed by atoms with van der Waals surface area (Å²) in [5.41, 5.74) is -1.46. The smallest absolute Gasteiger partial charge is 0.408 e. The third-order valence-electron chi connectivity index (χ3n) is 5.23. The van der Waals surface area contributed by atoms with Crippen molar-refractivity contribution in [2.75, 3.05) is 25.2 Å². The average molecular weight is 554 g/mol. The van der Waals surface area contributed by atoms with Crippen molar-refractivity contribution in [1.29, 1.82) is 0 Å². The maximum atomic E-state index is 14.1. The molecular weight excluding hydrogens is 510 g/mol. The Kier molecular flexibility index (Phi) is 12.9. The van der Waals surface area contributed by atoms with Crippen molar-refractivity contribution in [1.82, 2.24) is 15.5 Å². The van der Waals surface area contributed by atoms with Crippen LogP contribution in [0.5, 0.6) is 5.75 Å². The summed E-state index contributed by atoms with van der Waals surface area (Å²) in [6.45, 7) is 12.4. The number of ether oxygens (including phenoxy) is 2. The summed E-state index contributed by atoms with van der Waals surface area (Å²) < 4.78 is 10.3. The lowest BCUT2D eigenvalue weighted by Gasteiger charge is -2.43. The number of aromatic hydroxyl groups is 1. The number of phenols is 1. The Balaban J connectivity index is 3.46. The Morgan fingerprint density at radius 1 is 1.08 bits per heavy atom. The van der Waals surface area contributed by atoms with Gasteiger partial charge in [-0.05, 0) is 73.0 Å². The first-order valence-electron chi connectivity index (χ1n) is 12.6. The zero-order valence-corrected chi connectivity index (χ0v) is 24.6. The highest BCUT2D eigenvalue weighted by molar-refractivity contribution is 7.98. The van der Waals surface area contributed by atoms with Crippen LogP contribution in [0.4, 0.5) is 4.79 Å². The number of thioether (sulfide) groups is 1. The van der Waals surface area contributed by atoms with E-state index in [2.05, 4.69) is 10.6 Å². The van der Waals surface area contributed by atoms with E-state index in [-0.39, 0.29) is 30.9 Å². The number of esters is 1. The fourth-order valence-corrected chi connectivity index (χ4v) is 4.16. The van der Waals surface area contributed by atoms with Crippen molar-refractivity contribution in [3.63, 3.8) is 0 Å². The maximum Gasteiger partial charge on any atom is 0.408 e. The molecule has 1 rings (SSSR count). The Morgan fingerprint density at radius 2 is 1.71 bits per heavy atom. The molecule has 0 bridgehead atoms. The van der Waals surface area contributed by atoms with Crippen LogP contribution >= 0.6 is 11.8 Å². The minimum atomic E-state index is -1.25. The number of benzene rings is 1. The van der Waals surface area contributed by atoms with Crippen molar-refractivity contribution < 1.29 is 33.8 Å². The van der Waals surface area contributed by atoms with Crippen LogP contribution in [0.2, 0.25) is 0 Å². The molecule has 0 aliphatic heterocycles. The molecule has 0 radical (unpaired) electrons. The number of nitrogens with zero attached hydrogens (tertiary/aromatic N) is 1. The summed E-state index contributed by atoms with van der Waals surface area (Å²) in [6.07, 6.45) is 1.39. The summed E-state index contributed by atoms with van der Waals surface area (Å²) in [5.74, 6) is -1.15. The SMILES string of the molecule is CCOC(=O)CCNC(=O)C(c1ccccc1O)N(C(=O)C(CCSC)NC(=O)OC(C)(C)C)C(C)(C)C. The Hall–Kier alpha value is -2.95. The molecule has 10 nitrogen and oxygen atoms in total. The fourth-order valence-electron chi connectivity index (χ4n) is 3.69. The number of carbonyl (C=O) groups excluding carboxylic acids is 4. The predicted octanol–water partition coefficient (Wildman–Crippen LogP) is 3.78. The molecule has 214 valence electrons. The molecule has 38 heavy (non-hydrogen) atoms. The van der Waals surface area contributed by atoms with Crippen molar-refractivity contribution >= 4 is 35.6 Å². The van der Waals surface area contributed by atoms with Gasteiger partial charge in [-0.25, -0.2) is 4.79 Å². The Labute approximate surface area is 230 Å². The zero-order chi connectivity index (χ0) is 29.1. The third kappa shape index (κ3) is 10.8. The lowest BCUT2D eigenvalue weighted by molar-refractivity contribution is -0.149. The largest absolute Gasteiger partial charge is 0.508 e. The first-order valence-corrected chi connectivity index (χ1v) is 14.0. The molecule has 0 fully saturated rings. The second kappa shape index (κ2) is 14.8. The van der Waals surface area contributed by atoms with Gasteiger partial charge in [-0.2, -0.15) is 11.8 Å². The number of alkyl carbamates (subject to hydrolysis) is 1. The van der Waals surface area contributed by atoms with E-state index >= 15 is 0 Å². The molecule has 0 saturated carbocycles. The van der Waals surface area contributed by atoms with E-state index in [1.807, 2.05) is 6.26 Å². The normalized spacial score (nSPS) is 13.2. The zero-order valence-electron chi connectivity index (χ0n) is 23.8. The summed E-state index contributed by atoms with van der Waals surface area (Å²) in [6, 6.07) is 4.03. The minimum Gasteiger partial charge on any atom is -0.508 e. The molecule has 1 aromatic rings. The number of amides is 3. The highest BCUT2D eigenvalue weighted by Gasteiger charge is 2.42. The maximum absolute atomic E-state index is 14.1. The standard InChI is InChI=1S/C27H43N3O7S/c1-9-36-21(32)14-16-28-23(33)22(18-12-10-11-13-20(18)31)30(26(2,3)4)24(34)19(15-17-38-8)29-25(35)37-27(5,6)7/h10-13,19,22,31H,9,14-17H2,1-8H3,(H,28,33)(H,29,35). The molecule has 3 N–H and O–H groups in total. The average Bonchev–Trinajstić information content (AvgIpc) is 2.78. The summed E-state index contributed by atoms with van der Waals surface area (Å²) in [4.78, 5) is 53.5. The van der Waals surface area contributed by atoms with Gasteiger partial charge in [-0.1, -0.05) is 18.2 Å². The lowest BCUT2D eigenvalue weighted by atomic mass is 9.94. The second-order valence-corrected chi connectivity index (χ2v) is 11.7. The quantitative estimate of drug-likeness (QED) is 0.333. The molecule has 2 unspecified atom stereocenters. The lowest BCUT2D eigenvalue weighted by Crippen LogP contribution is -2.58. The number of rotatable bonds is 12. The highest BCUT2D eigenvalue weighted by atomic mass is 32.2. The van der Waals surface area contributed by atoms with Gasteiger partial charge in [0, 0.05) is 17.6 Å². The molecule has 0 saturated heterocycles. The van der Waals surface area contributed by atoms with E-state index in [4.69, 9.17) is 9.47 Å². The number of nitrogens with one attached hydrogen (secondary N) is 2. The first-order chi connectivity index (χ1) is 17.6. The number of hydrogen-bond acceptors (Lipinski definition) is 8. The van der Waals surface area contributed by atoms with Gasteiger partial charge in [0.25, 0.3) is 0 Å². The van der Waals surface area contributed by atoms with Crippen LogP contribution in [0.25, 0.3) is 0 Å². The number of carbonyl (C=O) groups is 4. The molecule has 0 aromatic heterocycles. The Bertz CT molecular complexity index is 957. The molecule has 0 spiro atoms. The Morgan fingerprint density at radius 3 is 2.24 bits per heavy atom. The number of para-hydroxylation sites is 1. The van der Waals surface area contributed by atoms with Gasteiger partial charge >= 0.3 is 12.1 Å². The van der Waals surface area contributed by atoms with Gasteiger partial charge in [-0.15, -0.1) is 0 Å². The van der Waals surface area contributed by atoms with Crippen LogP contribution in [0.1, 0.15) is 72.9 Å². The van der Waals surface area contributed by atoms with Crippen LogP contribution in [0.3, 0.4) is 0 Å². The molecule has 3 amide bonds. The highest BCUT2D eigenvalue weighted by Crippen LogP contribution is 2.34. The van der Waals surface area contributed by atoms with Crippen molar-refractivity contribution in [3.8, 4) is 5.75 Å². The molecule has 1 aromatic carbocycles. The van der Waals surface area contributed by atoms with Gasteiger partial charge < -0.3 is 30.1 Å². The number of hydrogen-bond donors (Lipinski definition) is 3. The molecule has 11 heteroatoms. The summed E-state index contributed by atoms with van der Waals surface area (Å²) in [7, 11) is 0. The van der Waals surface area contributed by atoms with Crippen LogP contribution < -0.4 is 10.6 Å². The van der Waals surface area contributed by atoms with Gasteiger partial charge in [0.1, 0.15) is 23.4 Å². The van der Waals surface area contributed by atoms with Gasteiger partial charge in [0.2, 0.25) is 11.8 Å². The second-order valence-electron chi connectivity index (χ2n) is 10.7.